The van der Waals surface area contributed by atoms with Crippen LogP contribution in [0, 0.1) is 0 Å². The number of aryl methyl sites for hydroxylation is 1. The molecule has 0 saturated carbocycles. The van der Waals surface area contributed by atoms with Crippen LogP contribution in [-0.4, -0.2) is 16.6 Å². The van der Waals surface area contributed by atoms with Gasteiger partial charge in [-0.05, 0) is 23.8 Å². The lowest BCUT2D eigenvalue weighted by molar-refractivity contribution is -0.654. The molecule has 106 valence electrons. The Balaban J connectivity index is 2.34. The summed E-state index contributed by atoms with van der Waals surface area (Å²) in [6.07, 6.45) is 1.68. The second-order valence-electron chi connectivity index (χ2n) is 4.72. The second kappa shape index (κ2) is 4.94. The molecule has 0 fully saturated rings. The summed E-state index contributed by atoms with van der Waals surface area (Å²) in [5.41, 5.74) is 1.28. The average Bonchev–Trinajstić information content (AvgIpc) is 2.53. The largest absolute Gasteiger partial charge is 0.497 e. The monoisotopic (exact) mass is 283 g/mol. The molecule has 0 unspecified atom stereocenters. The summed E-state index contributed by atoms with van der Waals surface area (Å²) in [6, 6.07) is 12.4. The van der Waals surface area contributed by atoms with E-state index in [4.69, 9.17) is 4.74 Å². The van der Waals surface area contributed by atoms with Crippen LogP contribution in [0.4, 0.5) is 0 Å². The fraction of sp³-hybridized carbons (Fsp3) is 0.125. The lowest BCUT2D eigenvalue weighted by Crippen LogP contribution is -2.37. The normalized spacial score (nSPS) is 10.8. The van der Waals surface area contributed by atoms with E-state index in [0.29, 0.717) is 17.0 Å². The van der Waals surface area contributed by atoms with Gasteiger partial charge in [0.15, 0.2) is 5.56 Å². The zero-order chi connectivity index (χ0) is 15.0. The van der Waals surface area contributed by atoms with Crippen LogP contribution in [0.15, 0.2) is 53.5 Å². The van der Waals surface area contributed by atoms with Gasteiger partial charge in [0.1, 0.15) is 5.75 Å². The van der Waals surface area contributed by atoms with Gasteiger partial charge < -0.3 is 9.84 Å². The Morgan fingerprint density at radius 1 is 1.14 bits per heavy atom. The predicted molar refractivity (Wildman–Crippen MR) is 78.5 cm³/mol. The lowest BCUT2D eigenvalue weighted by atomic mass is 10.1. The molecule has 0 aliphatic carbocycles. The first kappa shape index (κ1) is 13.2. The van der Waals surface area contributed by atoms with Crippen LogP contribution in [-0.2, 0) is 7.05 Å². The van der Waals surface area contributed by atoms with Gasteiger partial charge in [0.2, 0.25) is 0 Å². The number of fused-ring (bicyclic) bond motifs is 1. The average molecular weight is 283 g/mol. The molecule has 5 heteroatoms. The van der Waals surface area contributed by atoms with Crippen LogP contribution in [0.1, 0.15) is 0 Å². The molecule has 0 aliphatic heterocycles. The van der Waals surface area contributed by atoms with Crippen LogP contribution >= 0.6 is 0 Å². The number of pyridine rings is 1. The van der Waals surface area contributed by atoms with Crippen molar-refractivity contribution in [3.05, 3.63) is 59.0 Å². The zero-order valence-corrected chi connectivity index (χ0v) is 11.8. The first-order chi connectivity index (χ1) is 10.1. The highest BCUT2D eigenvalue weighted by molar-refractivity contribution is 5.67. The third kappa shape index (κ3) is 2.03. The lowest BCUT2D eigenvalue weighted by Gasteiger charge is -2.07. The Hall–Kier alpha value is -2.82. The SMILES string of the molecule is COc1ccc(-c2c(O)[n+](C)c3ccccn3c2=O)cc1. The van der Waals surface area contributed by atoms with E-state index in [2.05, 4.69) is 0 Å². The van der Waals surface area contributed by atoms with E-state index < -0.39 is 0 Å². The number of hydrogen-bond donors (Lipinski definition) is 1. The molecular weight excluding hydrogens is 268 g/mol. The van der Waals surface area contributed by atoms with Gasteiger partial charge in [-0.1, -0.05) is 18.2 Å². The first-order valence-corrected chi connectivity index (χ1v) is 6.50. The third-order valence-electron chi connectivity index (χ3n) is 3.53. The minimum Gasteiger partial charge on any atom is -0.497 e. The number of rotatable bonds is 2. The molecule has 0 saturated heterocycles. The summed E-state index contributed by atoms with van der Waals surface area (Å²) >= 11 is 0. The van der Waals surface area contributed by atoms with Crippen LogP contribution in [0.25, 0.3) is 16.8 Å². The van der Waals surface area contributed by atoms with Gasteiger partial charge in [0, 0.05) is 6.07 Å². The number of methoxy groups -OCH3 is 1. The number of ether oxygens (including phenoxy) is 1. The van der Waals surface area contributed by atoms with Crippen LogP contribution in [0.5, 0.6) is 11.6 Å². The molecule has 1 aromatic carbocycles. The molecular formula is C16H15N2O3+. The van der Waals surface area contributed by atoms with E-state index in [9.17, 15) is 9.90 Å². The molecule has 3 rings (SSSR count). The van der Waals surface area contributed by atoms with Gasteiger partial charge in [-0.25, -0.2) is 4.79 Å². The van der Waals surface area contributed by atoms with E-state index >= 15 is 0 Å². The number of hydrogen-bond acceptors (Lipinski definition) is 3. The molecule has 2 heterocycles. The number of nitrogens with zero attached hydrogens (tertiary/aromatic N) is 2. The Bertz CT molecular complexity index is 867. The molecule has 0 spiro atoms. The Labute approximate surface area is 121 Å². The van der Waals surface area contributed by atoms with E-state index in [1.165, 1.54) is 4.40 Å². The number of aromatic hydroxyl groups is 1. The predicted octanol–water partition coefficient (Wildman–Crippen LogP) is 1.51. The van der Waals surface area contributed by atoms with Crippen molar-refractivity contribution in [3.63, 3.8) is 0 Å². The first-order valence-electron chi connectivity index (χ1n) is 6.50. The van der Waals surface area contributed by atoms with Crippen molar-refractivity contribution in [1.82, 2.24) is 4.40 Å². The molecule has 5 nitrogen and oxygen atoms in total. The van der Waals surface area contributed by atoms with Crippen LogP contribution < -0.4 is 14.9 Å². The molecule has 0 aliphatic rings. The van der Waals surface area contributed by atoms with Crippen LogP contribution in [0.2, 0.25) is 0 Å². The summed E-state index contributed by atoms with van der Waals surface area (Å²) in [7, 11) is 3.30. The molecule has 0 radical (unpaired) electrons. The van der Waals surface area contributed by atoms with Crippen molar-refractivity contribution in [2.75, 3.05) is 7.11 Å². The van der Waals surface area contributed by atoms with E-state index in [-0.39, 0.29) is 17.0 Å². The maximum absolute atomic E-state index is 12.6. The summed E-state index contributed by atoms with van der Waals surface area (Å²) in [6.45, 7) is 0. The van der Waals surface area contributed by atoms with Crippen molar-refractivity contribution in [3.8, 4) is 22.8 Å². The fourth-order valence-corrected chi connectivity index (χ4v) is 2.38. The molecule has 21 heavy (non-hydrogen) atoms. The molecule has 1 N–H and O–H groups in total. The van der Waals surface area contributed by atoms with Gasteiger partial charge in [0.25, 0.3) is 11.5 Å². The standard InChI is InChI=1S/C16H14N2O3/c1-17-13-5-3-4-10-18(13)16(20)14(15(17)19)11-6-8-12(21-2)9-7-11/h3-10H,1-2H3/p+1. The highest BCUT2D eigenvalue weighted by Crippen LogP contribution is 2.24. The molecule has 0 atom stereocenters. The van der Waals surface area contributed by atoms with Gasteiger partial charge in [-0.15, -0.1) is 0 Å². The Morgan fingerprint density at radius 2 is 1.86 bits per heavy atom. The molecule has 0 amide bonds. The number of benzene rings is 1. The van der Waals surface area contributed by atoms with Gasteiger partial charge >= 0.3 is 5.56 Å². The van der Waals surface area contributed by atoms with E-state index in [0.717, 1.165) is 0 Å². The smallest absolute Gasteiger partial charge is 0.354 e. The maximum atomic E-state index is 12.6. The molecule has 3 aromatic rings. The van der Waals surface area contributed by atoms with Crippen molar-refractivity contribution in [2.45, 2.75) is 0 Å². The van der Waals surface area contributed by atoms with Crippen LogP contribution in [0.3, 0.4) is 0 Å². The quantitative estimate of drug-likeness (QED) is 0.725. The Morgan fingerprint density at radius 3 is 2.52 bits per heavy atom. The third-order valence-corrected chi connectivity index (χ3v) is 3.53. The van der Waals surface area contributed by atoms with E-state index in [1.807, 2.05) is 6.07 Å². The minimum atomic E-state index is -0.258. The summed E-state index contributed by atoms with van der Waals surface area (Å²) in [4.78, 5) is 12.6. The minimum absolute atomic E-state index is 0.0589. The summed E-state index contributed by atoms with van der Waals surface area (Å²) in [5, 5.41) is 10.4. The highest BCUT2D eigenvalue weighted by Gasteiger charge is 2.22. The Kier molecular flexibility index (Phi) is 3.10. The highest BCUT2D eigenvalue weighted by atomic mass is 16.5. The summed E-state index contributed by atoms with van der Waals surface area (Å²) < 4.78 is 8.21. The number of aromatic nitrogens is 2. The van der Waals surface area contributed by atoms with Gasteiger partial charge in [0.05, 0.1) is 20.4 Å². The topological polar surface area (TPSA) is 54.8 Å². The van der Waals surface area contributed by atoms with E-state index in [1.54, 1.807) is 61.3 Å². The van der Waals surface area contributed by atoms with Gasteiger partial charge in [-0.3, -0.25) is 0 Å². The maximum Gasteiger partial charge on any atom is 0.354 e. The van der Waals surface area contributed by atoms with Crippen molar-refractivity contribution >= 4 is 5.65 Å². The second-order valence-corrected chi connectivity index (χ2v) is 4.72. The zero-order valence-electron chi connectivity index (χ0n) is 11.8. The van der Waals surface area contributed by atoms with Crippen molar-refractivity contribution in [2.24, 2.45) is 7.05 Å². The van der Waals surface area contributed by atoms with Crippen molar-refractivity contribution < 1.29 is 14.4 Å². The van der Waals surface area contributed by atoms with Gasteiger partial charge in [-0.2, -0.15) is 8.97 Å². The molecule has 2 aromatic heterocycles. The summed E-state index contributed by atoms with van der Waals surface area (Å²) in [5.74, 6) is 0.639. The molecule has 0 bridgehead atoms. The van der Waals surface area contributed by atoms with Crippen molar-refractivity contribution in [1.29, 1.82) is 0 Å². The fourth-order valence-electron chi connectivity index (χ4n) is 2.38.